The zero-order chi connectivity index (χ0) is 13.8. The van der Waals surface area contributed by atoms with E-state index in [1.165, 1.54) is 0 Å². The van der Waals surface area contributed by atoms with Crippen LogP contribution < -0.4 is 10.6 Å². The smallest absolute Gasteiger partial charge is 0.222 e. The van der Waals surface area contributed by atoms with Gasteiger partial charge in [0.15, 0.2) is 0 Å². The van der Waals surface area contributed by atoms with E-state index in [1.54, 1.807) is 0 Å². The molecule has 2 N–H and O–H groups in total. The van der Waals surface area contributed by atoms with Crippen molar-refractivity contribution in [3.8, 4) is 0 Å². The second-order valence-electron chi connectivity index (χ2n) is 6.05. The first-order valence-electron chi connectivity index (χ1n) is 7.34. The summed E-state index contributed by atoms with van der Waals surface area (Å²) in [4.78, 5) is 25.5. The van der Waals surface area contributed by atoms with Crippen molar-refractivity contribution in [3.63, 3.8) is 0 Å². The first kappa shape index (κ1) is 14.3. The SMILES string of the molecule is CC(C)NC(=O)CCCC(=O)N1C[C@H]2CNC[C@H]2C1. The second kappa shape index (κ2) is 6.37. The molecule has 0 saturated carbocycles. The van der Waals surface area contributed by atoms with Crippen molar-refractivity contribution in [2.45, 2.75) is 39.2 Å². The van der Waals surface area contributed by atoms with Crippen LogP contribution in [0.25, 0.3) is 0 Å². The number of likely N-dealkylation sites (tertiary alicyclic amines) is 1. The van der Waals surface area contributed by atoms with E-state index in [0.717, 1.165) is 26.2 Å². The van der Waals surface area contributed by atoms with Gasteiger partial charge >= 0.3 is 0 Å². The lowest BCUT2D eigenvalue weighted by Crippen LogP contribution is -2.32. The Labute approximate surface area is 115 Å². The van der Waals surface area contributed by atoms with Crippen LogP contribution in [-0.4, -0.2) is 48.9 Å². The van der Waals surface area contributed by atoms with Gasteiger partial charge in [0.2, 0.25) is 11.8 Å². The molecule has 2 aliphatic rings. The normalized spacial score (nSPS) is 25.7. The Balaban J connectivity index is 1.64. The van der Waals surface area contributed by atoms with Gasteiger partial charge in [-0.05, 0) is 32.1 Å². The third-order valence-corrected chi connectivity index (χ3v) is 3.99. The Bertz CT molecular complexity index is 332. The lowest BCUT2D eigenvalue weighted by molar-refractivity contribution is -0.130. The molecule has 2 atom stereocenters. The molecule has 2 saturated heterocycles. The molecule has 19 heavy (non-hydrogen) atoms. The van der Waals surface area contributed by atoms with Crippen LogP contribution in [0, 0.1) is 11.8 Å². The van der Waals surface area contributed by atoms with Crippen molar-refractivity contribution in [3.05, 3.63) is 0 Å². The minimum absolute atomic E-state index is 0.0466. The van der Waals surface area contributed by atoms with Gasteiger partial charge in [-0.15, -0.1) is 0 Å². The minimum Gasteiger partial charge on any atom is -0.354 e. The molecule has 5 heteroatoms. The summed E-state index contributed by atoms with van der Waals surface area (Å²) in [6, 6.07) is 0.175. The number of amides is 2. The minimum atomic E-state index is 0.0466. The molecule has 2 heterocycles. The summed E-state index contributed by atoms with van der Waals surface area (Å²) in [5.74, 6) is 1.55. The number of hydrogen-bond donors (Lipinski definition) is 2. The number of fused-ring (bicyclic) bond motifs is 1. The standard InChI is InChI=1S/C14H25N3O2/c1-10(2)16-13(18)4-3-5-14(19)17-8-11-6-15-7-12(11)9-17/h10-12,15H,3-9H2,1-2H3,(H,16,18)/t11-,12+. The largest absolute Gasteiger partial charge is 0.354 e. The molecule has 0 aromatic heterocycles. The molecule has 2 rings (SSSR count). The predicted molar refractivity (Wildman–Crippen MR) is 73.6 cm³/mol. The van der Waals surface area contributed by atoms with Crippen LogP contribution in [0.2, 0.25) is 0 Å². The fourth-order valence-electron chi connectivity index (χ4n) is 3.01. The number of nitrogens with zero attached hydrogens (tertiary/aromatic N) is 1. The van der Waals surface area contributed by atoms with Crippen molar-refractivity contribution in [1.82, 2.24) is 15.5 Å². The average Bonchev–Trinajstić information content (AvgIpc) is 2.87. The molecular weight excluding hydrogens is 242 g/mol. The fraction of sp³-hybridized carbons (Fsp3) is 0.857. The third kappa shape index (κ3) is 3.93. The Morgan fingerprint density at radius 1 is 1.21 bits per heavy atom. The summed E-state index contributed by atoms with van der Waals surface area (Å²) in [5, 5.41) is 6.22. The fourth-order valence-corrected chi connectivity index (χ4v) is 3.01. The average molecular weight is 267 g/mol. The van der Waals surface area contributed by atoms with Gasteiger partial charge in [0.1, 0.15) is 0 Å². The summed E-state index contributed by atoms with van der Waals surface area (Å²) in [6.07, 6.45) is 1.60. The molecule has 0 aliphatic carbocycles. The second-order valence-corrected chi connectivity index (χ2v) is 6.05. The summed E-state index contributed by atoms with van der Waals surface area (Å²) in [7, 11) is 0. The maximum Gasteiger partial charge on any atom is 0.222 e. The van der Waals surface area contributed by atoms with E-state index in [2.05, 4.69) is 10.6 Å². The molecule has 108 valence electrons. The van der Waals surface area contributed by atoms with Crippen LogP contribution >= 0.6 is 0 Å². The molecule has 0 unspecified atom stereocenters. The zero-order valence-electron chi connectivity index (χ0n) is 11.9. The summed E-state index contributed by atoms with van der Waals surface area (Å²) >= 11 is 0. The van der Waals surface area contributed by atoms with Crippen molar-refractivity contribution < 1.29 is 9.59 Å². The third-order valence-electron chi connectivity index (χ3n) is 3.99. The highest BCUT2D eigenvalue weighted by Crippen LogP contribution is 2.26. The number of nitrogens with one attached hydrogen (secondary N) is 2. The number of carbonyl (C=O) groups excluding carboxylic acids is 2. The van der Waals surface area contributed by atoms with E-state index >= 15 is 0 Å². The Morgan fingerprint density at radius 3 is 2.42 bits per heavy atom. The zero-order valence-corrected chi connectivity index (χ0v) is 11.9. The lowest BCUT2D eigenvalue weighted by atomic mass is 10.0. The van der Waals surface area contributed by atoms with E-state index in [0.29, 0.717) is 31.1 Å². The van der Waals surface area contributed by atoms with Crippen LogP contribution in [0.5, 0.6) is 0 Å². The van der Waals surface area contributed by atoms with Gasteiger partial charge in [0.05, 0.1) is 0 Å². The van der Waals surface area contributed by atoms with Gasteiger partial charge in [-0.25, -0.2) is 0 Å². The van der Waals surface area contributed by atoms with Gasteiger partial charge in [0, 0.05) is 45.1 Å². The van der Waals surface area contributed by atoms with Gasteiger partial charge in [-0.3, -0.25) is 9.59 Å². The summed E-state index contributed by atoms with van der Waals surface area (Å²) in [6.45, 7) is 7.78. The molecule has 5 nitrogen and oxygen atoms in total. The van der Waals surface area contributed by atoms with Crippen LogP contribution in [0.3, 0.4) is 0 Å². The van der Waals surface area contributed by atoms with E-state index in [-0.39, 0.29) is 17.9 Å². The van der Waals surface area contributed by atoms with Gasteiger partial charge in [-0.1, -0.05) is 0 Å². The molecular formula is C14H25N3O2. The predicted octanol–water partition coefficient (Wildman–Crippen LogP) is 0.359. The topological polar surface area (TPSA) is 61.4 Å². The molecule has 0 aromatic carbocycles. The van der Waals surface area contributed by atoms with Crippen molar-refractivity contribution in [2.75, 3.05) is 26.2 Å². The number of carbonyl (C=O) groups is 2. The van der Waals surface area contributed by atoms with E-state index in [4.69, 9.17) is 0 Å². The van der Waals surface area contributed by atoms with E-state index in [9.17, 15) is 9.59 Å². The van der Waals surface area contributed by atoms with Crippen LogP contribution in [0.15, 0.2) is 0 Å². The highest BCUT2D eigenvalue weighted by Gasteiger charge is 2.37. The number of rotatable bonds is 5. The molecule has 0 radical (unpaired) electrons. The van der Waals surface area contributed by atoms with Crippen molar-refractivity contribution >= 4 is 11.8 Å². The molecule has 2 aliphatic heterocycles. The Morgan fingerprint density at radius 2 is 1.84 bits per heavy atom. The highest BCUT2D eigenvalue weighted by molar-refractivity contribution is 5.79. The monoisotopic (exact) mass is 267 g/mol. The lowest BCUT2D eigenvalue weighted by Gasteiger charge is -2.17. The Hall–Kier alpha value is -1.10. The van der Waals surface area contributed by atoms with Gasteiger partial charge < -0.3 is 15.5 Å². The van der Waals surface area contributed by atoms with Gasteiger partial charge in [0.25, 0.3) is 0 Å². The summed E-state index contributed by atoms with van der Waals surface area (Å²) in [5.41, 5.74) is 0. The molecule has 2 fully saturated rings. The Kier molecular flexibility index (Phi) is 4.80. The molecule has 0 spiro atoms. The molecule has 0 aromatic rings. The number of hydrogen-bond acceptors (Lipinski definition) is 3. The summed E-state index contributed by atoms with van der Waals surface area (Å²) < 4.78 is 0. The van der Waals surface area contributed by atoms with Crippen LogP contribution in [0.4, 0.5) is 0 Å². The van der Waals surface area contributed by atoms with Crippen molar-refractivity contribution in [1.29, 1.82) is 0 Å². The molecule has 2 amide bonds. The van der Waals surface area contributed by atoms with Crippen molar-refractivity contribution in [2.24, 2.45) is 11.8 Å². The quantitative estimate of drug-likeness (QED) is 0.756. The molecule has 0 bridgehead atoms. The first-order valence-corrected chi connectivity index (χ1v) is 7.34. The highest BCUT2D eigenvalue weighted by atomic mass is 16.2. The van der Waals surface area contributed by atoms with Gasteiger partial charge in [-0.2, -0.15) is 0 Å². The maximum absolute atomic E-state index is 12.1. The van der Waals surface area contributed by atoms with Crippen LogP contribution in [0.1, 0.15) is 33.1 Å². The maximum atomic E-state index is 12.1. The van der Waals surface area contributed by atoms with E-state index in [1.807, 2.05) is 18.7 Å². The first-order chi connectivity index (χ1) is 9.06. The van der Waals surface area contributed by atoms with Crippen LogP contribution in [-0.2, 0) is 9.59 Å². The van der Waals surface area contributed by atoms with E-state index < -0.39 is 0 Å².